The lowest BCUT2D eigenvalue weighted by Crippen LogP contribution is -2.35. The van der Waals surface area contributed by atoms with Crippen molar-refractivity contribution in [1.29, 1.82) is 0 Å². The first kappa shape index (κ1) is 11.3. The van der Waals surface area contributed by atoms with Crippen molar-refractivity contribution >= 4 is 10.9 Å². The molecule has 0 saturated heterocycles. The molecule has 2 aromatic heterocycles. The molecular weight excluding hydrogens is 248 g/mol. The number of aromatic hydroxyl groups is 1. The number of nitrogens with one attached hydrogen (secondary N) is 1. The third-order valence-corrected chi connectivity index (χ3v) is 2.86. The van der Waals surface area contributed by atoms with Crippen LogP contribution in [0.2, 0.25) is 0 Å². The molecule has 0 saturated carbocycles. The van der Waals surface area contributed by atoms with Crippen molar-refractivity contribution in [2.24, 2.45) is 0 Å². The fourth-order valence-corrected chi connectivity index (χ4v) is 1.94. The van der Waals surface area contributed by atoms with E-state index in [9.17, 15) is 14.7 Å². The van der Waals surface area contributed by atoms with E-state index in [1.807, 2.05) is 0 Å². The van der Waals surface area contributed by atoms with Crippen molar-refractivity contribution in [2.75, 3.05) is 0 Å². The number of aromatic nitrogens is 2. The summed E-state index contributed by atoms with van der Waals surface area (Å²) in [6.07, 6.45) is 1.48. The van der Waals surface area contributed by atoms with Crippen LogP contribution in [0.5, 0.6) is 5.75 Å². The van der Waals surface area contributed by atoms with Gasteiger partial charge in [-0.3, -0.25) is 9.36 Å². The molecule has 1 aromatic carbocycles. The summed E-state index contributed by atoms with van der Waals surface area (Å²) in [6, 6.07) is 7.59. The number of phenolic OH excluding ortho intramolecular Hbond substituents is 1. The highest BCUT2D eigenvalue weighted by Gasteiger charge is 2.09. The highest BCUT2D eigenvalue weighted by Crippen LogP contribution is 2.13. The molecule has 0 amide bonds. The molecule has 6 heteroatoms. The minimum absolute atomic E-state index is 0.00802. The first-order valence-electron chi connectivity index (χ1n) is 5.63. The third kappa shape index (κ3) is 1.93. The zero-order chi connectivity index (χ0) is 13.4. The Balaban J connectivity index is 2.23. The topological polar surface area (TPSA) is 88.2 Å². The predicted octanol–water partition coefficient (Wildman–Crippen LogP) is 1.04. The van der Waals surface area contributed by atoms with Crippen LogP contribution >= 0.6 is 0 Å². The van der Waals surface area contributed by atoms with Gasteiger partial charge in [-0.1, -0.05) is 0 Å². The van der Waals surface area contributed by atoms with Gasteiger partial charge >= 0.3 is 5.69 Å². The van der Waals surface area contributed by atoms with Gasteiger partial charge in [0.15, 0.2) is 0 Å². The maximum absolute atomic E-state index is 12.2. The third-order valence-electron chi connectivity index (χ3n) is 2.86. The molecule has 0 atom stereocenters. The largest absolute Gasteiger partial charge is 0.508 e. The van der Waals surface area contributed by atoms with Gasteiger partial charge in [-0.05, 0) is 24.3 Å². The Morgan fingerprint density at radius 3 is 2.84 bits per heavy atom. The number of rotatable bonds is 2. The molecule has 96 valence electrons. The van der Waals surface area contributed by atoms with Gasteiger partial charge in [-0.15, -0.1) is 0 Å². The Kier molecular flexibility index (Phi) is 2.49. The van der Waals surface area contributed by atoms with Crippen LogP contribution in [-0.4, -0.2) is 14.7 Å². The predicted molar refractivity (Wildman–Crippen MR) is 68.3 cm³/mol. The highest BCUT2D eigenvalue weighted by molar-refractivity contribution is 5.78. The maximum atomic E-state index is 12.2. The van der Waals surface area contributed by atoms with E-state index < -0.39 is 11.2 Å². The fourth-order valence-electron chi connectivity index (χ4n) is 1.94. The number of benzene rings is 1. The van der Waals surface area contributed by atoms with Crippen LogP contribution in [0.1, 0.15) is 5.76 Å². The lowest BCUT2D eigenvalue weighted by Gasteiger charge is -2.04. The van der Waals surface area contributed by atoms with Gasteiger partial charge in [-0.25, -0.2) is 4.79 Å². The molecule has 2 N–H and O–H groups in total. The van der Waals surface area contributed by atoms with Crippen LogP contribution in [0.25, 0.3) is 10.9 Å². The van der Waals surface area contributed by atoms with Crippen LogP contribution in [0.4, 0.5) is 0 Å². The van der Waals surface area contributed by atoms with Gasteiger partial charge in [0.2, 0.25) is 0 Å². The van der Waals surface area contributed by atoms with E-state index in [0.717, 1.165) is 4.57 Å². The normalized spacial score (nSPS) is 10.9. The van der Waals surface area contributed by atoms with Crippen molar-refractivity contribution in [2.45, 2.75) is 6.54 Å². The number of hydrogen-bond donors (Lipinski definition) is 2. The summed E-state index contributed by atoms with van der Waals surface area (Å²) in [7, 11) is 0. The number of nitrogens with zero attached hydrogens (tertiary/aromatic N) is 1. The van der Waals surface area contributed by atoms with Gasteiger partial charge in [0.25, 0.3) is 5.56 Å². The average Bonchev–Trinajstić information content (AvgIpc) is 2.87. The van der Waals surface area contributed by atoms with Crippen molar-refractivity contribution in [3.8, 4) is 5.75 Å². The molecule has 19 heavy (non-hydrogen) atoms. The lowest BCUT2D eigenvalue weighted by molar-refractivity contribution is 0.475. The second kappa shape index (κ2) is 4.16. The molecule has 3 rings (SSSR count). The van der Waals surface area contributed by atoms with Crippen LogP contribution in [0, 0.1) is 0 Å². The summed E-state index contributed by atoms with van der Waals surface area (Å²) >= 11 is 0. The second-order valence-corrected chi connectivity index (χ2v) is 4.13. The number of H-pyrrole nitrogens is 1. The molecule has 0 bridgehead atoms. The summed E-state index contributed by atoms with van der Waals surface area (Å²) in [4.78, 5) is 26.6. The Morgan fingerprint density at radius 1 is 1.26 bits per heavy atom. The number of phenols is 1. The molecule has 0 aliphatic carbocycles. The summed E-state index contributed by atoms with van der Waals surface area (Å²) in [5.74, 6) is 0.511. The monoisotopic (exact) mass is 258 g/mol. The zero-order valence-corrected chi connectivity index (χ0v) is 9.79. The molecule has 0 spiro atoms. The summed E-state index contributed by atoms with van der Waals surface area (Å²) in [5, 5.41) is 9.68. The van der Waals surface area contributed by atoms with Crippen LogP contribution in [0.15, 0.2) is 50.6 Å². The Morgan fingerprint density at radius 2 is 2.11 bits per heavy atom. The standard InChI is InChI=1S/C13H10N2O4/c16-8-3-4-10-11(6-8)14-13(18)15(12(10)17)7-9-2-1-5-19-9/h1-6,16H,7H2,(H,14,18). The molecule has 0 aliphatic rings. The Hall–Kier alpha value is -2.76. The SMILES string of the molecule is O=c1[nH]c2cc(O)ccc2c(=O)n1Cc1ccco1. The number of fused-ring (bicyclic) bond motifs is 1. The lowest BCUT2D eigenvalue weighted by atomic mass is 10.2. The smallest absolute Gasteiger partial charge is 0.329 e. The molecule has 0 radical (unpaired) electrons. The number of furan rings is 1. The summed E-state index contributed by atoms with van der Waals surface area (Å²) in [5.41, 5.74) is -0.652. The molecule has 6 nitrogen and oxygen atoms in total. The minimum atomic E-state index is -0.542. The van der Waals surface area contributed by atoms with E-state index in [1.165, 1.54) is 24.5 Å². The fraction of sp³-hybridized carbons (Fsp3) is 0.0769. The highest BCUT2D eigenvalue weighted by atomic mass is 16.3. The second-order valence-electron chi connectivity index (χ2n) is 4.13. The molecule has 0 aliphatic heterocycles. The van der Waals surface area contributed by atoms with E-state index in [1.54, 1.807) is 12.1 Å². The Bertz CT molecular complexity index is 843. The van der Waals surface area contributed by atoms with E-state index >= 15 is 0 Å². The van der Waals surface area contributed by atoms with Crippen molar-refractivity contribution < 1.29 is 9.52 Å². The van der Waals surface area contributed by atoms with E-state index in [0.29, 0.717) is 16.7 Å². The minimum Gasteiger partial charge on any atom is -0.508 e. The van der Waals surface area contributed by atoms with E-state index in [4.69, 9.17) is 4.42 Å². The van der Waals surface area contributed by atoms with Gasteiger partial charge in [0.1, 0.15) is 11.5 Å². The van der Waals surface area contributed by atoms with Crippen molar-refractivity contribution in [1.82, 2.24) is 9.55 Å². The van der Waals surface area contributed by atoms with Crippen molar-refractivity contribution in [3.05, 3.63) is 63.2 Å². The van der Waals surface area contributed by atoms with Crippen LogP contribution in [-0.2, 0) is 6.54 Å². The molecule has 3 aromatic rings. The summed E-state index contributed by atoms with van der Waals surface area (Å²) in [6.45, 7) is 0.0674. The molecular formula is C13H10N2O4. The quantitative estimate of drug-likeness (QED) is 0.718. The van der Waals surface area contributed by atoms with Gasteiger partial charge in [0.05, 0.1) is 23.7 Å². The first-order chi connectivity index (χ1) is 9.15. The summed E-state index contributed by atoms with van der Waals surface area (Å²) < 4.78 is 6.18. The van der Waals surface area contributed by atoms with Gasteiger partial charge in [0, 0.05) is 6.07 Å². The zero-order valence-electron chi connectivity index (χ0n) is 9.79. The molecule has 0 fully saturated rings. The van der Waals surface area contributed by atoms with E-state index in [2.05, 4.69) is 4.98 Å². The average molecular weight is 258 g/mol. The van der Waals surface area contributed by atoms with E-state index in [-0.39, 0.29) is 12.3 Å². The number of aromatic amines is 1. The molecule has 2 heterocycles. The Labute approximate surface area is 106 Å². The molecule has 0 unspecified atom stereocenters. The first-order valence-corrected chi connectivity index (χ1v) is 5.63. The number of hydrogen-bond acceptors (Lipinski definition) is 4. The van der Waals surface area contributed by atoms with Gasteiger partial charge < -0.3 is 14.5 Å². The maximum Gasteiger partial charge on any atom is 0.329 e. The van der Waals surface area contributed by atoms with Gasteiger partial charge in [-0.2, -0.15) is 0 Å². The van der Waals surface area contributed by atoms with Crippen LogP contribution in [0.3, 0.4) is 0 Å². The van der Waals surface area contributed by atoms with Crippen LogP contribution < -0.4 is 11.2 Å². The van der Waals surface area contributed by atoms with Crippen molar-refractivity contribution in [3.63, 3.8) is 0 Å².